The van der Waals surface area contributed by atoms with E-state index in [0.29, 0.717) is 18.1 Å². The van der Waals surface area contributed by atoms with Crippen LogP contribution < -0.4 is 9.64 Å². The van der Waals surface area contributed by atoms with Gasteiger partial charge in [0.05, 0.1) is 30.3 Å². The first-order valence-corrected chi connectivity index (χ1v) is 11.1. The van der Waals surface area contributed by atoms with E-state index < -0.39 is 0 Å². The zero-order valence-electron chi connectivity index (χ0n) is 18.0. The molecule has 0 unspecified atom stereocenters. The number of ether oxygens (including phenoxy) is 1. The number of methoxy groups -OCH3 is 1. The maximum atomic E-state index is 13.4. The zero-order valence-corrected chi connectivity index (χ0v) is 18.8. The number of nitrogens with zero attached hydrogens (tertiary/aromatic N) is 3. The number of hydrogen-bond acceptors (Lipinski definition) is 5. The van der Waals surface area contributed by atoms with Crippen molar-refractivity contribution in [3.05, 3.63) is 83.2 Å². The van der Waals surface area contributed by atoms with Crippen LogP contribution in [-0.4, -0.2) is 23.0 Å². The molecule has 0 fully saturated rings. The number of amides is 1. The molecule has 0 saturated carbocycles. The summed E-state index contributed by atoms with van der Waals surface area (Å²) in [6.45, 7) is 4.56. The number of rotatable bonds is 7. The fraction of sp³-hybridized carbons (Fsp3) is 0.240. The minimum absolute atomic E-state index is 0.00295. The lowest BCUT2D eigenvalue weighted by atomic mass is 10.1. The number of hydrogen-bond donors (Lipinski definition) is 0. The van der Waals surface area contributed by atoms with E-state index in [1.54, 1.807) is 35.7 Å². The van der Waals surface area contributed by atoms with Gasteiger partial charge in [-0.3, -0.25) is 14.7 Å². The average molecular weight is 432 g/mol. The Morgan fingerprint density at radius 3 is 2.65 bits per heavy atom. The Kier molecular flexibility index (Phi) is 6.28. The Morgan fingerprint density at radius 2 is 1.94 bits per heavy atom. The largest absolute Gasteiger partial charge is 0.496 e. The number of pyridine rings is 1. The summed E-state index contributed by atoms with van der Waals surface area (Å²) >= 11 is 1.56. The quantitative estimate of drug-likeness (QED) is 0.396. The van der Waals surface area contributed by atoms with Crippen molar-refractivity contribution in [1.82, 2.24) is 9.97 Å². The van der Waals surface area contributed by atoms with Gasteiger partial charge in [0.15, 0.2) is 5.13 Å². The van der Waals surface area contributed by atoms with Gasteiger partial charge in [-0.2, -0.15) is 0 Å². The molecule has 0 saturated heterocycles. The number of anilines is 1. The van der Waals surface area contributed by atoms with Gasteiger partial charge in [-0.15, -0.1) is 0 Å². The maximum absolute atomic E-state index is 13.4. The molecular weight excluding hydrogens is 406 g/mol. The van der Waals surface area contributed by atoms with Crippen LogP contribution in [-0.2, 0) is 24.2 Å². The second-order valence-electron chi connectivity index (χ2n) is 7.47. The summed E-state index contributed by atoms with van der Waals surface area (Å²) in [4.78, 5) is 24.2. The van der Waals surface area contributed by atoms with E-state index in [1.807, 2.05) is 43.3 Å². The molecule has 0 bridgehead atoms. The molecule has 0 aliphatic rings. The Labute approximate surface area is 186 Å². The first-order valence-electron chi connectivity index (χ1n) is 10.3. The first-order chi connectivity index (χ1) is 15.1. The van der Waals surface area contributed by atoms with Crippen LogP contribution >= 0.6 is 11.3 Å². The molecule has 4 rings (SSSR count). The number of carbonyl (C=O) groups is 1. The normalized spacial score (nSPS) is 10.9. The van der Waals surface area contributed by atoms with Crippen molar-refractivity contribution in [3.63, 3.8) is 0 Å². The second-order valence-corrected chi connectivity index (χ2v) is 8.48. The Hall–Kier alpha value is -3.25. The molecule has 0 aliphatic carbocycles. The third-order valence-electron chi connectivity index (χ3n) is 5.26. The highest BCUT2D eigenvalue weighted by molar-refractivity contribution is 7.22. The molecule has 2 heterocycles. The Bertz CT molecular complexity index is 1200. The second kappa shape index (κ2) is 9.27. The van der Waals surface area contributed by atoms with Crippen molar-refractivity contribution in [3.8, 4) is 5.75 Å². The van der Waals surface area contributed by atoms with E-state index in [2.05, 4.69) is 24.0 Å². The average Bonchev–Trinajstić information content (AvgIpc) is 3.21. The van der Waals surface area contributed by atoms with Gasteiger partial charge >= 0.3 is 0 Å². The summed E-state index contributed by atoms with van der Waals surface area (Å²) < 4.78 is 6.44. The smallest absolute Gasteiger partial charge is 0.233 e. The lowest BCUT2D eigenvalue weighted by Gasteiger charge is -2.20. The predicted molar refractivity (Wildman–Crippen MR) is 126 cm³/mol. The van der Waals surface area contributed by atoms with E-state index in [1.165, 1.54) is 5.56 Å². The summed E-state index contributed by atoms with van der Waals surface area (Å²) in [5.74, 6) is 0.824. The van der Waals surface area contributed by atoms with Crippen LogP contribution in [0.4, 0.5) is 5.13 Å². The summed E-state index contributed by atoms with van der Waals surface area (Å²) in [5, 5.41) is 0.710. The van der Waals surface area contributed by atoms with Gasteiger partial charge in [-0.1, -0.05) is 42.5 Å². The molecule has 0 N–H and O–H groups in total. The summed E-state index contributed by atoms with van der Waals surface area (Å²) in [5.41, 5.74) is 5.12. The Balaban J connectivity index is 1.67. The maximum Gasteiger partial charge on any atom is 0.233 e. The first kappa shape index (κ1) is 21.0. The molecular formula is C25H25N3O2S. The highest BCUT2D eigenvalue weighted by atomic mass is 32.1. The molecule has 2 aromatic carbocycles. The topological polar surface area (TPSA) is 55.3 Å². The zero-order chi connectivity index (χ0) is 21.8. The third kappa shape index (κ3) is 4.75. The third-order valence-corrected chi connectivity index (χ3v) is 6.30. The van der Waals surface area contributed by atoms with Gasteiger partial charge in [0.2, 0.25) is 5.91 Å². The molecule has 0 spiro atoms. The van der Waals surface area contributed by atoms with Crippen LogP contribution in [0, 0.1) is 6.92 Å². The molecule has 4 aromatic rings. The molecule has 5 nitrogen and oxygen atoms in total. The predicted octanol–water partition coefficient (Wildman–Crippen LogP) is 5.35. The van der Waals surface area contributed by atoms with E-state index in [4.69, 9.17) is 9.72 Å². The molecule has 2 aromatic heterocycles. The highest BCUT2D eigenvalue weighted by Gasteiger charge is 2.21. The lowest BCUT2D eigenvalue weighted by Crippen LogP contribution is -2.31. The number of fused-ring (bicyclic) bond motifs is 1. The van der Waals surface area contributed by atoms with Gasteiger partial charge in [0.1, 0.15) is 5.75 Å². The van der Waals surface area contributed by atoms with E-state index >= 15 is 0 Å². The van der Waals surface area contributed by atoms with Gasteiger partial charge in [-0.25, -0.2) is 4.98 Å². The Morgan fingerprint density at radius 1 is 1.10 bits per heavy atom. The summed E-state index contributed by atoms with van der Waals surface area (Å²) in [6.07, 6.45) is 4.79. The van der Waals surface area contributed by atoms with Crippen LogP contribution in [0.2, 0.25) is 0 Å². The molecule has 158 valence electrons. The van der Waals surface area contributed by atoms with Crippen molar-refractivity contribution < 1.29 is 9.53 Å². The number of thiazole rings is 1. The van der Waals surface area contributed by atoms with Gasteiger partial charge < -0.3 is 4.74 Å². The van der Waals surface area contributed by atoms with E-state index in [-0.39, 0.29) is 5.91 Å². The van der Waals surface area contributed by atoms with Crippen LogP contribution in [0.5, 0.6) is 5.75 Å². The van der Waals surface area contributed by atoms with E-state index in [0.717, 1.165) is 39.1 Å². The summed E-state index contributed by atoms with van der Waals surface area (Å²) in [6, 6.07) is 16.0. The lowest BCUT2D eigenvalue weighted by molar-refractivity contribution is -0.118. The number of aryl methyl sites for hydroxylation is 2. The molecule has 0 aliphatic heterocycles. The van der Waals surface area contributed by atoms with Crippen molar-refractivity contribution >= 4 is 32.6 Å². The minimum Gasteiger partial charge on any atom is -0.496 e. The fourth-order valence-electron chi connectivity index (χ4n) is 3.55. The van der Waals surface area contributed by atoms with Gasteiger partial charge in [-0.05, 0) is 59.9 Å². The number of benzene rings is 2. The van der Waals surface area contributed by atoms with Gasteiger partial charge in [0.25, 0.3) is 0 Å². The highest BCUT2D eigenvalue weighted by Crippen LogP contribution is 2.31. The van der Waals surface area contributed by atoms with Crippen molar-refractivity contribution in [2.24, 2.45) is 0 Å². The monoisotopic (exact) mass is 431 g/mol. The molecule has 0 radical (unpaired) electrons. The number of carbonyl (C=O) groups excluding carboxylic acids is 1. The van der Waals surface area contributed by atoms with E-state index in [9.17, 15) is 4.79 Å². The molecule has 6 heteroatoms. The van der Waals surface area contributed by atoms with Crippen molar-refractivity contribution in [2.45, 2.75) is 33.2 Å². The fourth-order valence-corrected chi connectivity index (χ4v) is 4.60. The standard InChI is InChI=1S/C25H25N3O2S/c1-4-18-7-9-21-23(13-18)31-25(27-21)28(16-20-6-5-11-26-15-20)24(29)14-19-8-10-22(30-3)17(2)12-19/h5-13,15H,4,14,16H2,1-3H3. The molecule has 31 heavy (non-hydrogen) atoms. The molecule has 0 atom stereocenters. The van der Waals surface area contributed by atoms with Crippen LogP contribution in [0.1, 0.15) is 29.2 Å². The van der Waals surface area contributed by atoms with Crippen LogP contribution in [0.25, 0.3) is 10.2 Å². The summed E-state index contributed by atoms with van der Waals surface area (Å²) in [7, 11) is 1.65. The minimum atomic E-state index is 0.00295. The van der Waals surface area contributed by atoms with Crippen LogP contribution in [0.3, 0.4) is 0 Å². The van der Waals surface area contributed by atoms with Crippen LogP contribution in [0.15, 0.2) is 60.9 Å². The van der Waals surface area contributed by atoms with Crippen molar-refractivity contribution in [2.75, 3.05) is 12.0 Å². The SMILES string of the molecule is CCc1ccc2nc(N(Cc3cccnc3)C(=O)Cc3ccc(OC)c(C)c3)sc2c1. The molecule has 1 amide bonds. The van der Waals surface area contributed by atoms with Crippen molar-refractivity contribution in [1.29, 1.82) is 0 Å². The van der Waals surface area contributed by atoms with Gasteiger partial charge in [0, 0.05) is 12.4 Å². The number of aromatic nitrogens is 2.